The second kappa shape index (κ2) is 4.78. The molecule has 2 rings (SSSR count). The average Bonchev–Trinajstić information content (AvgIpc) is 2.29. The number of hydrazine groups is 1. The maximum Gasteiger partial charge on any atom is 0.162 e. The average molecular weight is 300 g/mol. The second-order valence-corrected chi connectivity index (χ2v) is 4.32. The highest BCUT2D eigenvalue weighted by molar-refractivity contribution is 9.10. The SMILES string of the molecule is NNc1ccnc(-c2ccc(Cl)cc2Br)n1. The van der Waals surface area contributed by atoms with E-state index < -0.39 is 0 Å². The van der Waals surface area contributed by atoms with Gasteiger partial charge in [0.1, 0.15) is 5.82 Å². The Morgan fingerprint density at radius 3 is 2.81 bits per heavy atom. The van der Waals surface area contributed by atoms with Crippen LogP contribution in [0.2, 0.25) is 5.02 Å². The van der Waals surface area contributed by atoms with Crippen molar-refractivity contribution in [3.8, 4) is 11.4 Å². The van der Waals surface area contributed by atoms with Crippen molar-refractivity contribution in [3.05, 3.63) is 40.0 Å². The highest BCUT2D eigenvalue weighted by Crippen LogP contribution is 2.28. The van der Waals surface area contributed by atoms with E-state index in [2.05, 4.69) is 31.3 Å². The van der Waals surface area contributed by atoms with Crippen molar-refractivity contribution >= 4 is 33.3 Å². The number of anilines is 1. The Morgan fingerprint density at radius 1 is 1.31 bits per heavy atom. The molecule has 0 radical (unpaired) electrons. The van der Waals surface area contributed by atoms with Crippen molar-refractivity contribution in [2.75, 3.05) is 5.43 Å². The Kier molecular flexibility index (Phi) is 3.38. The van der Waals surface area contributed by atoms with Crippen LogP contribution in [0, 0.1) is 0 Å². The number of nitrogens with zero attached hydrogens (tertiary/aromatic N) is 2. The van der Waals surface area contributed by atoms with E-state index in [1.165, 1.54) is 0 Å². The first-order chi connectivity index (χ1) is 7.70. The van der Waals surface area contributed by atoms with Gasteiger partial charge in [0.15, 0.2) is 5.82 Å². The number of rotatable bonds is 2. The van der Waals surface area contributed by atoms with Crippen LogP contribution in [0.5, 0.6) is 0 Å². The molecule has 0 fully saturated rings. The van der Waals surface area contributed by atoms with Crippen molar-refractivity contribution in [3.63, 3.8) is 0 Å². The lowest BCUT2D eigenvalue weighted by Crippen LogP contribution is -2.09. The van der Waals surface area contributed by atoms with Gasteiger partial charge in [0.2, 0.25) is 0 Å². The highest BCUT2D eigenvalue weighted by Gasteiger charge is 2.07. The van der Waals surface area contributed by atoms with Crippen LogP contribution in [0.4, 0.5) is 5.82 Å². The normalized spacial score (nSPS) is 10.2. The Hall–Kier alpha value is -1.17. The third-order valence-electron chi connectivity index (χ3n) is 1.98. The lowest BCUT2D eigenvalue weighted by molar-refractivity contribution is 1.14. The molecule has 0 unspecified atom stereocenters. The molecule has 0 spiro atoms. The van der Waals surface area contributed by atoms with E-state index in [-0.39, 0.29) is 0 Å². The lowest BCUT2D eigenvalue weighted by Gasteiger charge is -2.05. The van der Waals surface area contributed by atoms with Gasteiger partial charge in [-0.3, -0.25) is 0 Å². The van der Waals surface area contributed by atoms with Crippen molar-refractivity contribution in [2.45, 2.75) is 0 Å². The number of halogens is 2. The third-order valence-corrected chi connectivity index (χ3v) is 2.87. The zero-order valence-corrected chi connectivity index (χ0v) is 10.5. The van der Waals surface area contributed by atoms with E-state index in [1.54, 1.807) is 24.4 Å². The molecule has 0 atom stereocenters. The molecule has 0 saturated carbocycles. The third kappa shape index (κ3) is 2.32. The van der Waals surface area contributed by atoms with E-state index in [0.29, 0.717) is 16.7 Å². The first-order valence-electron chi connectivity index (χ1n) is 4.46. The minimum absolute atomic E-state index is 0.562. The summed E-state index contributed by atoms with van der Waals surface area (Å²) >= 11 is 9.27. The van der Waals surface area contributed by atoms with Gasteiger partial charge in [0.25, 0.3) is 0 Å². The van der Waals surface area contributed by atoms with E-state index in [4.69, 9.17) is 17.4 Å². The minimum atomic E-state index is 0.562. The van der Waals surface area contributed by atoms with Crippen molar-refractivity contribution < 1.29 is 0 Å². The quantitative estimate of drug-likeness (QED) is 0.661. The molecular weight excluding hydrogens is 291 g/mol. The summed E-state index contributed by atoms with van der Waals surface area (Å²) < 4.78 is 0.842. The fourth-order valence-electron chi connectivity index (χ4n) is 1.24. The number of nitrogen functional groups attached to an aromatic ring is 1. The molecule has 82 valence electrons. The van der Waals surface area contributed by atoms with E-state index in [0.717, 1.165) is 10.0 Å². The van der Waals surface area contributed by atoms with Crippen molar-refractivity contribution in [1.29, 1.82) is 0 Å². The molecule has 1 aromatic carbocycles. The second-order valence-electron chi connectivity index (χ2n) is 3.03. The molecule has 6 heteroatoms. The van der Waals surface area contributed by atoms with E-state index in [1.807, 2.05) is 6.07 Å². The summed E-state index contributed by atoms with van der Waals surface area (Å²) in [4.78, 5) is 8.40. The van der Waals surface area contributed by atoms with Gasteiger partial charge in [-0.25, -0.2) is 15.8 Å². The molecule has 0 bridgehead atoms. The fraction of sp³-hybridized carbons (Fsp3) is 0. The molecule has 1 heterocycles. The number of benzene rings is 1. The van der Waals surface area contributed by atoms with Crippen LogP contribution >= 0.6 is 27.5 Å². The Labute approximate surface area is 106 Å². The van der Waals surface area contributed by atoms with Gasteiger partial charge in [-0.15, -0.1) is 0 Å². The molecule has 16 heavy (non-hydrogen) atoms. The van der Waals surface area contributed by atoms with Gasteiger partial charge in [-0.2, -0.15) is 0 Å². The van der Waals surface area contributed by atoms with Crippen molar-refractivity contribution in [2.24, 2.45) is 5.84 Å². The summed E-state index contributed by atoms with van der Waals surface area (Å²) in [5, 5.41) is 0.656. The number of hydrogen-bond donors (Lipinski definition) is 2. The van der Waals surface area contributed by atoms with Gasteiger partial charge in [-0.05, 0) is 34.1 Å². The lowest BCUT2D eigenvalue weighted by atomic mass is 10.2. The highest BCUT2D eigenvalue weighted by atomic mass is 79.9. The van der Waals surface area contributed by atoms with Gasteiger partial charge < -0.3 is 5.43 Å². The van der Waals surface area contributed by atoms with E-state index >= 15 is 0 Å². The molecule has 4 nitrogen and oxygen atoms in total. The molecule has 0 amide bonds. The largest absolute Gasteiger partial charge is 0.308 e. The van der Waals surface area contributed by atoms with Crippen LogP contribution in [0.1, 0.15) is 0 Å². The van der Waals surface area contributed by atoms with Crippen LogP contribution in [-0.2, 0) is 0 Å². The zero-order chi connectivity index (χ0) is 11.5. The predicted molar refractivity (Wildman–Crippen MR) is 68.0 cm³/mol. The summed E-state index contributed by atoms with van der Waals surface area (Å²) in [6.07, 6.45) is 1.64. The zero-order valence-electron chi connectivity index (χ0n) is 8.11. The summed E-state index contributed by atoms with van der Waals surface area (Å²) in [5.41, 5.74) is 3.34. The van der Waals surface area contributed by atoms with E-state index in [9.17, 15) is 0 Å². The maximum atomic E-state index is 5.86. The Morgan fingerprint density at radius 2 is 2.12 bits per heavy atom. The summed E-state index contributed by atoms with van der Waals surface area (Å²) in [6.45, 7) is 0. The molecule has 0 aliphatic carbocycles. The van der Waals surface area contributed by atoms with Gasteiger partial charge in [-0.1, -0.05) is 11.6 Å². The molecule has 0 saturated heterocycles. The predicted octanol–water partition coefficient (Wildman–Crippen LogP) is 2.85. The summed E-state index contributed by atoms with van der Waals surface area (Å²) in [6, 6.07) is 7.12. The number of nitrogens with two attached hydrogens (primary N) is 1. The Balaban J connectivity index is 2.49. The standard InChI is InChI=1S/C10H8BrClN4/c11-8-5-6(12)1-2-7(8)10-14-4-3-9(15-10)16-13/h1-5H,13H2,(H,14,15,16). The van der Waals surface area contributed by atoms with Crippen LogP contribution in [0.25, 0.3) is 11.4 Å². The van der Waals surface area contributed by atoms with Crippen LogP contribution in [0.15, 0.2) is 34.9 Å². The topological polar surface area (TPSA) is 63.8 Å². The summed E-state index contributed by atoms with van der Waals surface area (Å²) in [7, 11) is 0. The smallest absolute Gasteiger partial charge is 0.162 e. The fourth-order valence-corrected chi connectivity index (χ4v) is 2.10. The van der Waals surface area contributed by atoms with Gasteiger partial charge in [0, 0.05) is 27.3 Å². The molecule has 2 aromatic rings. The molecule has 3 N–H and O–H groups in total. The maximum absolute atomic E-state index is 5.86. The minimum Gasteiger partial charge on any atom is -0.308 e. The number of hydrogen-bond acceptors (Lipinski definition) is 4. The first-order valence-corrected chi connectivity index (χ1v) is 5.63. The summed E-state index contributed by atoms with van der Waals surface area (Å²) in [5.74, 6) is 6.43. The molecule has 0 aliphatic rings. The number of nitrogens with one attached hydrogen (secondary N) is 1. The van der Waals surface area contributed by atoms with Gasteiger partial charge >= 0.3 is 0 Å². The van der Waals surface area contributed by atoms with Gasteiger partial charge in [0.05, 0.1) is 0 Å². The number of aromatic nitrogens is 2. The van der Waals surface area contributed by atoms with Crippen LogP contribution in [-0.4, -0.2) is 9.97 Å². The Bertz CT molecular complexity index is 518. The molecular formula is C10H8BrClN4. The monoisotopic (exact) mass is 298 g/mol. The molecule has 0 aliphatic heterocycles. The van der Waals surface area contributed by atoms with Crippen LogP contribution in [0.3, 0.4) is 0 Å². The molecule has 1 aromatic heterocycles. The first kappa shape index (κ1) is 11.3. The van der Waals surface area contributed by atoms with Crippen LogP contribution < -0.4 is 11.3 Å². The van der Waals surface area contributed by atoms with Crippen molar-refractivity contribution in [1.82, 2.24) is 9.97 Å².